The Kier molecular flexibility index (Phi) is 6.31. The first kappa shape index (κ1) is 17.9. The number of nitrogens with two attached hydrogens (primary N) is 1. The molecule has 0 aliphatic carbocycles. The van der Waals surface area contributed by atoms with E-state index in [2.05, 4.69) is 10.6 Å². The molecule has 1 fully saturated rings. The highest BCUT2D eigenvalue weighted by Gasteiger charge is 2.28. The van der Waals surface area contributed by atoms with Crippen molar-refractivity contribution in [2.45, 2.75) is 12.8 Å². The standard InChI is InChI=1S/C17H24N4O3/c1-19-15(22)12-4-2-5-13(10-12)17(24)21-9-3-6-14(11-21)16(23)20-8-7-18/h2,4-5,10,14H,3,6-9,11,18H2,1H3,(H,19,22)(H,20,23). The Morgan fingerprint density at radius 1 is 1.29 bits per heavy atom. The van der Waals surface area contributed by atoms with Gasteiger partial charge in [0.2, 0.25) is 5.91 Å². The van der Waals surface area contributed by atoms with Crippen molar-refractivity contribution in [3.05, 3.63) is 35.4 Å². The lowest BCUT2D eigenvalue weighted by Crippen LogP contribution is -2.46. The fourth-order valence-electron chi connectivity index (χ4n) is 2.84. The summed E-state index contributed by atoms with van der Waals surface area (Å²) in [4.78, 5) is 38.2. The minimum Gasteiger partial charge on any atom is -0.355 e. The molecule has 1 atom stereocenters. The highest BCUT2D eigenvalue weighted by Crippen LogP contribution is 2.19. The monoisotopic (exact) mass is 332 g/mol. The predicted molar refractivity (Wildman–Crippen MR) is 90.5 cm³/mol. The Hall–Kier alpha value is -2.41. The lowest BCUT2D eigenvalue weighted by Gasteiger charge is -2.32. The van der Waals surface area contributed by atoms with Crippen molar-refractivity contribution in [3.63, 3.8) is 0 Å². The first-order valence-electron chi connectivity index (χ1n) is 8.16. The number of rotatable bonds is 5. The molecule has 7 heteroatoms. The molecular weight excluding hydrogens is 308 g/mol. The minimum atomic E-state index is -0.234. The molecule has 7 nitrogen and oxygen atoms in total. The Morgan fingerprint density at radius 3 is 2.75 bits per heavy atom. The number of nitrogens with zero attached hydrogens (tertiary/aromatic N) is 1. The second-order valence-corrected chi connectivity index (χ2v) is 5.83. The molecule has 1 aliphatic heterocycles. The summed E-state index contributed by atoms with van der Waals surface area (Å²) in [6.07, 6.45) is 1.54. The Labute approximate surface area is 141 Å². The molecular formula is C17H24N4O3. The smallest absolute Gasteiger partial charge is 0.253 e. The van der Waals surface area contributed by atoms with Gasteiger partial charge in [0, 0.05) is 44.4 Å². The molecule has 0 saturated carbocycles. The van der Waals surface area contributed by atoms with Gasteiger partial charge in [0.15, 0.2) is 0 Å². The zero-order chi connectivity index (χ0) is 17.5. The third-order valence-corrected chi connectivity index (χ3v) is 4.12. The lowest BCUT2D eigenvalue weighted by molar-refractivity contribution is -0.126. The number of hydrogen-bond acceptors (Lipinski definition) is 4. The number of carbonyl (C=O) groups is 3. The fourth-order valence-corrected chi connectivity index (χ4v) is 2.84. The van der Waals surface area contributed by atoms with E-state index in [4.69, 9.17) is 5.73 Å². The van der Waals surface area contributed by atoms with Gasteiger partial charge in [-0.25, -0.2) is 0 Å². The lowest BCUT2D eigenvalue weighted by atomic mass is 9.96. The number of nitrogens with one attached hydrogen (secondary N) is 2. The van der Waals surface area contributed by atoms with Crippen LogP contribution in [-0.2, 0) is 4.79 Å². The van der Waals surface area contributed by atoms with Crippen molar-refractivity contribution < 1.29 is 14.4 Å². The summed E-state index contributed by atoms with van der Waals surface area (Å²) >= 11 is 0. The molecule has 3 amide bonds. The van der Waals surface area contributed by atoms with Crippen molar-refractivity contribution >= 4 is 17.7 Å². The molecule has 0 bridgehead atoms. The van der Waals surface area contributed by atoms with Crippen molar-refractivity contribution in [3.8, 4) is 0 Å². The summed E-state index contributed by atoms with van der Waals surface area (Å²) in [7, 11) is 1.55. The average molecular weight is 332 g/mol. The summed E-state index contributed by atoms with van der Waals surface area (Å²) in [5.41, 5.74) is 6.30. The molecule has 4 N–H and O–H groups in total. The van der Waals surface area contributed by atoms with E-state index in [0.717, 1.165) is 12.8 Å². The summed E-state index contributed by atoms with van der Waals surface area (Å²) in [6.45, 7) is 1.84. The average Bonchev–Trinajstić information content (AvgIpc) is 2.65. The fraction of sp³-hybridized carbons (Fsp3) is 0.471. The van der Waals surface area contributed by atoms with Gasteiger partial charge in [-0.1, -0.05) is 6.07 Å². The maximum Gasteiger partial charge on any atom is 0.253 e. The van der Waals surface area contributed by atoms with Crippen LogP contribution in [0, 0.1) is 5.92 Å². The molecule has 2 rings (SSSR count). The third kappa shape index (κ3) is 4.32. The maximum atomic E-state index is 12.7. The van der Waals surface area contributed by atoms with Gasteiger partial charge >= 0.3 is 0 Å². The van der Waals surface area contributed by atoms with E-state index in [9.17, 15) is 14.4 Å². The van der Waals surface area contributed by atoms with Crippen LogP contribution in [0.2, 0.25) is 0 Å². The van der Waals surface area contributed by atoms with E-state index >= 15 is 0 Å². The van der Waals surface area contributed by atoms with Gasteiger partial charge < -0.3 is 21.3 Å². The largest absolute Gasteiger partial charge is 0.355 e. The van der Waals surface area contributed by atoms with E-state index in [1.165, 1.54) is 0 Å². The highest BCUT2D eigenvalue weighted by atomic mass is 16.2. The molecule has 24 heavy (non-hydrogen) atoms. The van der Waals surface area contributed by atoms with Gasteiger partial charge in [-0.2, -0.15) is 0 Å². The normalized spacial score (nSPS) is 17.2. The van der Waals surface area contributed by atoms with Crippen molar-refractivity contribution in [2.75, 3.05) is 33.2 Å². The van der Waals surface area contributed by atoms with Crippen LogP contribution in [0.5, 0.6) is 0 Å². The molecule has 1 saturated heterocycles. The molecule has 1 aliphatic rings. The molecule has 1 aromatic rings. The van der Waals surface area contributed by atoms with Crippen LogP contribution >= 0.6 is 0 Å². The van der Waals surface area contributed by atoms with Gasteiger partial charge in [0.25, 0.3) is 11.8 Å². The quantitative estimate of drug-likeness (QED) is 0.704. The Bertz CT molecular complexity index is 618. The SMILES string of the molecule is CNC(=O)c1cccc(C(=O)N2CCCC(C(=O)NCCN)C2)c1. The topological polar surface area (TPSA) is 105 Å². The highest BCUT2D eigenvalue weighted by molar-refractivity contribution is 5.99. The van der Waals surface area contributed by atoms with Crippen LogP contribution in [0.15, 0.2) is 24.3 Å². The van der Waals surface area contributed by atoms with E-state index in [0.29, 0.717) is 37.3 Å². The molecule has 0 aromatic heterocycles. The number of likely N-dealkylation sites (tertiary alicyclic amines) is 1. The van der Waals surface area contributed by atoms with Gasteiger partial charge in [0.05, 0.1) is 5.92 Å². The van der Waals surface area contributed by atoms with Crippen LogP contribution in [0.25, 0.3) is 0 Å². The summed E-state index contributed by atoms with van der Waals surface area (Å²) in [5, 5.41) is 5.32. The zero-order valence-electron chi connectivity index (χ0n) is 13.9. The van der Waals surface area contributed by atoms with Gasteiger partial charge in [-0.05, 0) is 31.0 Å². The van der Waals surface area contributed by atoms with Gasteiger partial charge in [-0.3, -0.25) is 14.4 Å². The van der Waals surface area contributed by atoms with E-state index in [1.807, 2.05) is 0 Å². The van der Waals surface area contributed by atoms with Crippen LogP contribution in [0.4, 0.5) is 0 Å². The summed E-state index contributed by atoms with van der Waals surface area (Å²) in [5.74, 6) is -0.659. The zero-order valence-corrected chi connectivity index (χ0v) is 13.9. The van der Waals surface area contributed by atoms with Crippen molar-refractivity contribution in [1.82, 2.24) is 15.5 Å². The molecule has 130 valence electrons. The number of carbonyl (C=O) groups excluding carboxylic acids is 3. The van der Waals surface area contributed by atoms with Crippen molar-refractivity contribution in [1.29, 1.82) is 0 Å². The van der Waals surface area contributed by atoms with E-state index in [-0.39, 0.29) is 23.6 Å². The molecule has 1 aromatic carbocycles. The molecule has 1 unspecified atom stereocenters. The Morgan fingerprint density at radius 2 is 2.04 bits per heavy atom. The molecule has 0 spiro atoms. The van der Waals surface area contributed by atoms with Crippen LogP contribution in [0.3, 0.4) is 0 Å². The van der Waals surface area contributed by atoms with Crippen LogP contribution in [-0.4, -0.2) is 55.8 Å². The van der Waals surface area contributed by atoms with Crippen LogP contribution in [0.1, 0.15) is 33.6 Å². The minimum absolute atomic E-state index is 0.0583. The number of amides is 3. The first-order valence-corrected chi connectivity index (χ1v) is 8.16. The number of piperidine rings is 1. The Balaban J connectivity index is 2.06. The number of hydrogen-bond donors (Lipinski definition) is 3. The second-order valence-electron chi connectivity index (χ2n) is 5.83. The van der Waals surface area contributed by atoms with Crippen molar-refractivity contribution in [2.24, 2.45) is 11.7 Å². The third-order valence-electron chi connectivity index (χ3n) is 4.12. The molecule has 0 radical (unpaired) electrons. The summed E-state index contributed by atoms with van der Waals surface area (Å²) in [6, 6.07) is 6.62. The summed E-state index contributed by atoms with van der Waals surface area (Å²) < 4.78 is 0. The van der Waals surface area contributed by atoms with Crippen LogP contribution < -0.4 is 16.4 Å². The van der Waals surface area contributed by atoms with Gasteiger partial charge in [-0.15, -0.1) is 0 Å². The number of benzene rings is 1. The van der Waals surface area contributed by atoms with E-state index in [1.54, 1.807) is 36.2 Å². The predicted octanol–water partition coefficient (Wildman–Crippen LogP) is -0.0267. The van der Waals surface area contributed by atoms with E-state index < -0.39 is 0 Å². The maximum absolute atomic E-state index is 12.7. The first-order chi connectivity index (χ1) is 11.6. The van der Waals surface area contributed by atoms with Gasteiger partial charge in [0.1, 0.15) is 0 Å². The second kappa shape index (κ2) is 8.44. The molecule has 1 heterocycles.